The predicted octanol–water partition coefficient (Wildman–Crippen LogP) is 1.53. The highest BCUT2D eigenvalue weighted by Crippen LogP contribution is 2.12. The first-order valence-electron chi connectivity index (χ1n) is 7.99. The molecule has 0 aromatic heterocycles. The maximum Gasteiger partial charge on any atom is 0.0948 e. The molecule has 4 heteroatoms. The summed E-state index contributed by atoms with van der Waals surface area (Å²) >= 11 is 0. The minimum atomic E-state index is -1.38. The summed E-state index contributed by atoms with van der Waals surface area (Å²) in [7, 11) is -1.38. The maximum absolute atomic E-state index is 9.92. The van der Waals surface area contributed by atoms with Crippen molar-refractivity contribution in [1.82, 2.24) is 9.80 Å². The zero-order valence-electron chi connectivity index (χ0n) is 14.0. The van der Waals surface area contributed by atoms with E-state index in [0.717, 1.165) is 32.7 Å². The quantitative estimate of drug-likeness (QED) is 0.836. The Morgan fingerprint density at radius 2 is 1.52 bits per heavy atom. The largest absolute Gasteiger partial charge is 0.389 e. The zero-order valence-corrected chi connectivity index (χ0v) is 15.0. The van der Waals surface area contributed by atoms with Gasteiger partial charge in [-0.05, 0) is 20.0 Å². The van der Waals surface area contributed by atoms with E-state index >= 15 is 0 Å². The standard InChI is InChI=1S/C17H30N2OSi/c1-17(2,20)14-18-10-12-19(13-11-18)15-21(3,4)16-8-6-5-7-9-16/h5-9,20H,10-15H2,1-4H3. The Morgan fingerprint density at radius 3 is 2.05 bits per heavy atom. The Balaban J connectivity index is 1.86. The van der Waals surface area contributed by atoms with E-state index in [-0.39, 0.29) is 0 Å². The SMILES string of the molecule is CC(C)(O)CN1CCN(C[Si](C)(C)c2ccccc2)CC1. The molecule has 1 aliphatic rings. The molecular weight excluding hydrogens is 276 g/mol. The van der Waals surface area contributed by atoms with Crippen molar-refractivity contribution in [3.05, 3.63) is 30.3 Å². The third kappa shape index (κ3) is 5.22. The van der Waals surface area contributed by atoms with Gasteiger partial charge < -0.3 is 10.0 Å². The second kappa shape index (κ2) is 6.61. The van der Waals surface area contributed by atoms with Gasteiger partial charge in [0, 0.05) is 32.7 Å². The molecule has 0 saturated carbocycles. The highest BCUT2D eigenvalue weighted by Gasteiger charge is 2.29. The van der Waals surface area contributed by atoms with Crippen LogP contribution < -0.4 is 5.19 Å². The minimum Gasteiger partial charge on any atom is -0.389 e. The van der Waals surface area contributed by atoms with Gasteiger partial charge in [-0.3, -0.25) is 4.90 Å². The third-order valence-corrected chi connectivity index (χ3v) is 7.38. The predicted molar refractivity (Wildman–Crippen MR) is 92.7 cm³/mol. The number of piperazine rings is 1. The van der Waals surface area contributed by atoms with Crippen LogP contribution in [0.5, 0.6) is 0 Å². The van der Waals surface area contributed by atoms with Crippen LogP contribution in [0.2, 0.25) is 13.1 Å². The van der Waals surface area contributed by atoms with Gasteiger partial charge in [-0.25, -0.2) is 0 Å². The fourth-order valence-electron chi connectivity index (χ4n) is 3.19. The van der Waals surface area contributed by atoms with Crippen molar-refractivity contribution in [1.29, 1.82) is 0 Å². The fourth-order valence-corrected chi connectivity index (χ4v) is 5.90. The van der Waals surface area contributed by atoms with Gasteiger partial charge in [0.05, 0.1) is 13.7 Å². The van der Waals surface area contributed by atoms with Crippen molar-refractivity contribution < 1.29 is 5.11 Å². The molecule has 118 valence electrons. The molecule has 1 aromatic carbocycles. The van der Waals surface area contributed by atoms with E-state index in [0.29, 0.717) is 0 Å². The van der Waals surface area contributed by atoms with E-state index in [4.69, 9.17) is 0 Å². The molecule has 1 saturated heterocycles. The van der Waals surface area contributed by atoms with Crippen molar-refractivity contribution in [2.75, 3.05) is 38.9 Å². The second-order valence-corrected chi connectivity index (χ2v) is 12.3. The molecule has 3 nitrogen and oxygen atoms in total. The molecule has 1 fully saturated rings. The molecule has 0 amide bonds. The first-order valence-corrected chi connectivity index (χ1v) is 11.2. The number of aliphatic hydroxyl groups is 1. The van der Waals surface area contributed by atoms with E-state index in [1.54, 1.807) is 5.19 Å². The van der Waals surface area contributed by atoms with Crippen molar-refractivity contribution in [3.63, 3.8) is 0 Å². The molecule has 0 atom stereocenters. The highest BCUT2D eigenvalue weighted by molar-refractivity contribution is 6.89. The molecule has 2 rings (SSSR count). The highest BCUT2D eigenvalue weighted by atomic mass is 28.3. The Hall–Kier alpha value is -0.683. The lowest BCUT2D eigenvalue weighted by molar-refractivity contribution is 0.0199. The zero-order chi connectivity index (χ0) is 15.5. The normalized spacial score (nSPS) is 18.9. The van der Waals surface area contributed by atoms with Gasteiger partial charge in [-0.1, -0.05) is 48.6 Å². The number of hydrogen-bond acceptors (Lipinski definition) is 3. The summed E-state index contributed by atoms with van der Waals surface area (Å²) in [6.07, 6.45) is 1.23. The van der Waals surface area contributed by atoms with Crippen molar-refractivity contribution in [2.24, 2.45) is 0 Å². The van der Waals surface area contributed by atoms with Crippen molar-refractivity contribution >= 4 is 13.3 Å². The number of nitrogens with zero attached hydrogens (tertiary/aromatic N) is 2. The lowest BCUT2D eigenvalue weighted by Gasteiger charge is -2.40. The molecule has 1 aromatic rings. The molecule has 1 heterocycles. The molecule has 0 spiro atoms. The molecule has 1 aliphatic heterocycles. The van der Waals surface area contributed by atoms with Gasteiger partial charge in [-0.15, -0.1) is 0 Å². The smallest absolute Gasteiger partial charge is 0.0948 e. The van der Waals surface area contributed by atoms with Gasteiger partial charge in [-0.2, -0.15) is 0 Å². The summed E-state index contributed by atoms with van der Waals surface area (Å²) in [5, 5.41) is 11.5. The topological polar surface area (TPSA) is 26.7 Å². The van der Waals surface area contributed by atoms with Crippen LogP contribution >= 0.6 is 0 Å². The van der Waals surface area contributed by atoms with Crippen molar-refractivity contribution in [2.45, 2.75) is 32.5 Å². The Morgan fingerprint density at radius 1 is 1.00 bits per heavy atom. The van der Waals surface area contributed by atoms with Crippen molar-refractivity contribution in [3.8, 4) is 0 Å². The van der Waals surface area contributed by atoms with Crippen LogP contribution in [0, 0.1) is 0 Å². The molecule has 0 radical (unpaired) electrons. The molecule has 0 bridgehead atoms. The summed E-state index contributed by atoms with van der Waals surface area (Å²) in [4.78, 5) is 4.99. The minimum absolute atomic E-state index is 0.583. The molecule has 0 unspecified atom stereocenters. The van der Waals surface area contributed by atoms with Crippen LogP contribution in [-0.2, 0) is 0 Å². The van der Waals surface area contributed by atoms with Crippen LogP contribution in [0.4, 0.5) is 0 Å². The van der Waals surface area contributed by atoms with E-state index in [9.17, 15) is 5.11 Å². The summed E-state index contributed by atoms with van der Waals surface area (Å²) in [5.74, 6) is 0. The monoisotopic (exact) mass is 306 g/mol. The van der Waals surface area contributed by atoms with Crippen LogP contribution in [0.25, 0.3) is 0 Å². The summed E-state index contributed by atoms with van der Waals surface area (Å²) < 4.78 is 0. The van der Waals surface area contributed by atoms with E-state index in [2.05, 4.69) is 53.2 Å². The number of β-amino-alcohol motifs (C(OH)–C–C–N with tert-alkyl or cyclic N) is 1. The van der Waals surface area contributed by atoms with E-state index < -0.39 is 13.7 Å². The Bertz CT molecular complexity index is 434. The summed E-state index contributed by atoms with van der Waals surface area (Å²) in [6, 6.07) is 11.0. The lowest BCUT2D eigenvalue weighted by atomic mass is 10.1. The van der Waals surface area contributed by atoms with Gasteiger partial charge in [0.1, 0.15) is 0 Å². The Kier molecular flexibility index (Phi) is 5.25. The molecule has 0 aliphatic carbocycles. The van der Waals surface area contributed by atoms with Gasteiger partial charge >= 0.3 is 0 Å². The maximum atomic E-state index is 9.92. The molecule has 21 heavy (non-hydrogen) atoms. The van der Waals surface area contributed by atoms with Gasteiger partial charge in [0.25, 0.3) is 0 Å². The fraction of sp³-hybridized carbons (Fsp3) is 0.647. The lowest BCUT2D eigenvalue weighted by Crippen LogP contribution is -2.57. The van der Waals surface area contributed by atoms with Crippen LogP contribution in [-0.4, -0.2) is 67.5 Å². The van der Waals surface area contributed by atoms with Gasteiger partial charge in [0.15, 0.2) is 0 Å². The Labute approximate surface area is 130 Å². The van der Waals surface area contributed by atoms with Crippen LogP contribution in [0.1, 0.15) is 13.8 Å². The van der Waals surface area contributed by atoms with E-state index in [1.165, 1.54) is 6.17 Å². The second-order valence-electron chi connectivity index (χ2n) is 7.61. The first-order chi connectivity index (χ1) is 9.76. The third-order valence-electron chi connectivity index (χ3n) is 4.25. The van der Waals surface area contributed by atoms with Crippen LogP contribution in [0.15, 0.2) is 30.3 Å². The van der Waals surface area contributed by atoms with E-state index in [1.807, 2.05) is 13.8 Å². The summed E-state index contributed by atoms with van der Waals surface area (Å²) in [6.45, 7) is 13.9. The number of hydrogen-bond donors (Lipinski definition) is 1. The first kappa shape index (κ1) is 16.7. The van der Waals surface area contributed by atoms with Crippen LogP contribution in [0.3, 0.4) is 0 Å². The number of rotatable bonds is 5. The van der Waals surface area contributed by atoms with Gasteiger partial charge in [0.2, 0.25) is 0 Å². The average Bonchev–Trinajstić information content (AvgIpc) is 2.40. The molecule has 1 N–H and O–H groups in total. The average molecular weight is 307 g/mol. The number of benzene rings is 1. The molecular formula is C17H30N2OSi. The summed E-state index contributed by atoms with van der Waals surface area (Å²) in [5.41, 5.74) is -0.583.